The van der Waals surface area contributed by atoms with Gasteiger partial charge in [-0.1, -0.05) is 167 Å². The molecule has 0 aliphatic heterocycles. The lowest BCUT2D eigenvalue weighted by Gasteiger charge is -2.20. The Balaban J connectivity index is 0.000000243. The van der Waals surface area contributed by atoms with Crippen molar-refractivity contribution >= 4 is 164 Å². The molecule has 0 saturated heterocycles. The maximum Gasteiger partial charge on any atom is 0.411 e. The summed E-state index contributed by atoms with van der Waals surface area (Å²) in [6.07, 6.45) is 0.482. The zero-order valence-corrected chi connectivity index (χ0v) is 70.3. The molecule has 30 heteroatoms. The highest BCUT2D eigenvalue weighted by atomic mass is 35.5. The van der Waals surface area contributed by atoms with Crippen LogP contribution in [0.2, 0.25) is 30.1 Å². The summed E-state index contributed by atoms with van der Waals surface area (Å²) >= 11 is 36.9. The second-order valence-electron chi connectivity index (χ2n) is 27.3. The van der Waals surface area contributed by atoms with Gasteiger partial charge in [0.25, 0.3) is 17.7 Å². The van der Waals surface area contributed by atoms with Crippen molar-refractivity contribution in [3.63, 3.8) is 0 Å². The van der Waals surface area contributed by atoms with Crippen LogP contribution in [0.25, 0.3) is 0 Å². The number of halogens is 6. The summed E-state index contributed by atoms with van der Waals surface area (Å²) in [6, 6.07) is 48.2. The molecule has 0 fully saturated rings. The SMILES string of the molecule is CC(C)OC(=O)[C@H](Cc1ccc(CC(=O)c2cc(CN(C)C=O)ccc2N)cc1)NC(=O)c1c(Cl)cccc1Cl.CCOC(=O)Nc1ccc(N(C)C)cc1C(=O)Cc1ccc(C[C@H](NC(=O)c2c(Cl)cccc2Cl)C(=O)OC)cc1.COC(=O)[C@H](Cc1ccc(CC(=O)c2cc(N(C)C)ccc2N)cc1)NC(=O)c1c(Cl)cccc1Cl. The van der Waals surface area contributed by atoms with Gasteiger partial charge in [0.1, 0.15) is 18.1 Å². The summed E-state index contributed by atoms with van der Waals surface area (Å²) in [5.74, 6) is -4.09. The number of anilines is 5. The van der Waals surface area contributed by atoms with Crippen molar-refractivity contribution in [2.45, 2.75) is 90.1 Å². The molecule has 0 spiro atoms. The molecular weight excluding hydrogens is 1620 g/mol. The fourth-order valence-corrected chi connectivity index (χ4v) is 13.4. The zero-order chi connectivity index (χ0) is 85.9. The molecule has 3 atom stereocenters. The Morgan fingerprint density at radius 3 is 1.08 bits per heavy atom. The lowest BCUT2D eigenvalue weighted by Crippen LogP contribution is -2.44. The largest absolute Gasteiger partial charge is 0.467 e. The maximum atomic E-state index is 13.3. The Labute approximate surface area is 708 Å². The van der Waals surface area contributed by atoms with E-state index in [0.29, 0.717) is 46.7 Å². The number of benzene rings is 9. The number of hydrogen-bond acceptors (Lipinski definition) is 19. The topological polar surface area (TPSA) is 335 Å². The predicted molar refractivity (Wildman–Crippen MR) is 458 cm³/mol. The number of esters is 3. The molecule has 117 heavy (non-hydrogen) atoms. The number of nitrogens with one attached hydrogen (secondary N) is 4. The Bertz CT molecular complexity index is 5030. The summed E-state index contributed by atoms with van der Waals surface area (Å²) < 4.78 is 20.1. The second-order valence-corrected chi connectivity index (χ2v) is 29.8. The van der Waals surface area contributed by atoms with Crippen LogP contribution in [0.15, 0.2) is 182 Å². The smallest absolute Gasteiger partial charge is 0.411 e. The number of carbonyl (C=O) groups excluding carboxylic acids is 11. The highest BCUT2D eigenvalue weighted by Crippen LogP contribution is 2.31. The normalized spacial score (nSPS) is 11.4. The van der Waals surface area contributed by atoms with Gasteiger partial charge in [-0.05, 0) is 145 Å². The van der Waals surface area contributed by atoms with E-state index in [2.05, 4.69) is 21.3 Å². The third kappa shape index (κ3) is 27.3. The van der Waals surface area contributed by atoms with Gasteiger partial charge in [-0.15, -0.1) is 0 Å². The summed E-state index contributed by atoms with van der Waals surface area (Å²) in [6.45, 7) is 5.69. The number of nitrogens with zero attached hydrogens (tertiary/aromatic N) is 3. The first-order chi connectivity index (χ1) is 55.6. The maximum absolute atomic E-state index is 13.3. The molecule has 5 amide bonds. The van der Waals surface area contributed by atoms with Crippen molar-refractivity contribution < 1.29 is 71.7 Å². The Morgan fingerprint density at radius 1 is 0.419 bits per heavy atom. The standard InChI is InChI=1S/C30H31Cl2N3O6.C30H31Cl2N3O5.C27H27Cl2N3O4/c1-5-41-30(39)34-24-14-13-20(35(2)3)17-21(24)26(36)16-19-11-9-18(10-12-19)15-25(29(38)40-4)33-28(37)27-22(31)7-6-8-23(27)32;1-18(2)40-30(39)26(34-29(38)28-23(31)5-4-6-24(28)32)14-19-7-9-20(10-8-19)15-27(37)22-13-21(11-12-25(22)33)16-35(3)17-36;1-32(2)18-11-12-22(30)19(15-18)24(33)14-17-9-7-16(8-10-17)13-23(27(35)36-3)31-26(34)25-20(28)5-4-6-21(25)29/h6-14,17,25H,5,15-16H2,1-4H3,(H,33,37)(H,34,39);4-13,17-18,26H,14-16,33H2,1-3H3,(H,34,38);4-12,15,23H,13-14,30H2,1-3H3,(H,31,34)/t25-;26-;23-/m000/s1. The zero-order valence-electron chi connectivity index (χ0n) is 65.8. The third-order valence-corrected chi connectivity index (χ3v) is 19.7. The fourth-order valence-electron chi connectivity index (χ4n) is 11.7. The monoisotopic (exact) mass is 1710 g/mol. The number of amides is 5. The van der Waals surface area contributed by atoms with Gasteiger partial charge in [-0.25, -0.2) is 19.2 Å². The fraction of sp³-hybridized carbons (Fsp3) is 0.253. The summed E-state index contributed by atoms with van der Waals surface area (Å²) in [5, 5.41) is 11.6. The van der Waals surface area contributed by atoms with Gasteiger partial charge in [-0.3, -0.25) is 38.9 Å². The van der Waals surface area contributed by atoms with Crippen molar-refractivity contribution in [2.75, 3.05) is 82.6 Å². The number of methoxy groups -OCH3 is 2. The molecule has 0 radical (unpaired) electrons. The van der Waals surface area contributed by atoms with Crippen LogP contribution in [-0.4, -0.2) is 151 Å². The van der Waals surface area contributed by atoms with Crippen LogP contribution in [0.1, 0.15) is 122 Å². The minimum Gasteiger partial charge on any atom is -0.467 e. The Morgan fingerprint density at radius 2 is 0.735 bits per heavy atom. The first kappa shape index (κ1) is 92.7. The number of nitrogens with two attached hydrogens (primary N) is 2. The number of nitrogen functional groups attached to an aromatic ring is 2. The van der Waals surface area contributed by atoms with E-state index < -0.39 is 59.8 Å². The van der Waals surface area contributed by atoms with E-state index in [-0.39, 0.29) is 115 Å². The van der Waals surface area contributed by atoms with E-state index in [4.69, 9.17) is 100 Å². The molecule has 0 unspecified atom stereocenters. The highest BCUT2D eigenvalue weighted by Gasteiger charge is 2.30. The lowest BCUT2D eigenvalue weighted by molar-refractivity contribution is -0.149. The molecule has 614 valence electrons. The Kier molecular flexibility index (Phi) is 35.3. The molecule has 24 nitrogen and oxygen atoms in total. The van der Waals surface area contributed by atoms with Crippen LogP contribution in [-0.2, 0) is 83.2 Å². The average molecular weight is 1710 g/mol. The van der Waals surface area contributed by atoms with Crippen LogP contribution in [0, 0.1) is 0 Å². The van der Waals surface area contributed by atoms with E-state index in [1.54, 1.807) is 179 Å². The van der Waals surface area contributed by atoms with Crippen molar-refractivity contribution in [1.82, 2.24) is 20.9 Å². The van der Waals surface area contributed by atoms with Crippen LogP contribution >= 0.6 is 69.6 Å². The van der Waals surface area contributed by atoms with Gasteiger partial charge in [0.2, 0.25) is 6.41 Å². The first-order valence-corrected chi connectivity index (χ1v) is 38.7. The molecule has 9 aromatic carbocycles. The minimum absolute atomic E-state index is 0.0637. The van der Waals surface area contributed by atoms with Crippen LogP contribution in [0.5, 0.6) is 0 Å². The number of carbonyl (C=O) groups is 11. The van der Waals surface area contributed by atoms with Crippen LogP contribution < -0.4 is 42.5 Å². The van der Waals surface area contributed by atoms with Gasteiger partial charge in [0.15, 0.2) is 17.3 Å². The van der Waals surface area contributed by atoms with Crippen LogP contribution in [0.3, 0.4) is 0 Å². The van der Waals surface area contributed by atoms with Gasteiger partial charge in [0.05, 0.1) is 79.4 Å². The summed E-state index contributed by atoms with van der Waals surface area (Å²) in [4.78, 5) is 144. The molecule has 9 rings (SSSR count). The molecular formula is C87H89Cl6N9O15. The first-order valence-electron chi connectivity index (χ1n) is 36.4. The molecule has 9 aromatic rings. The minimum atomic E-state index is -1.00. The van der Waals surface area contributed by atoms with E-state index >= 15 is 0 Å². The number of ketones is 3. The molecule has 0 aromatic heterocycles. The van der Waals surface area contributed by atoms with E-state index in [9.17, 15) is 52.7 Å². The average Bonchev–Trinajstić information content (AvgIpc) is 0.859. The van der Waals surface area contributed by atoms with Crippen molar-refractivity contribution in [1.29, 1.82) is 0 Å². The van der Waals surface area contributed by atoms with E-state index in [1.807, 2.05) is 44.1 Å². The molecule has 0 aliphatic carbocycles. The van der Waals surface area contributed by atoms with Crippen LogP contribution in [0.4, 0.5) is 33.2 Å². The molecule has 0 bridgehead atoms. The van der Waals surface area contributed by atoms with Gasteiger partial charge in [0, 0.05) is 120 Å². The molecule has 8 N–H and O–H groups in total. The number of Topliss-reactive ketones (excluding diaryl/α,β-unsaturated/α-hetero) is 3. The highest BCUT2D eigenvalue weighted by molar-refractivity contribution is 6.41. The molecule has 0 aliphatic rings. The second kappa shape index (κ2) is 44.6. The van der Waals surface area contributed by atoms with E-state index in [0.717, 1.165) is 50.3 Å². The number of hydrogen-bond donors (Lipinski definition) is 6. The molecule has 0 saturated carbocycles. The summed E-state index contributed by atoms with van der Waals surface area (Å²) in [7, 11) is 11.6. The van der Waals surface area contributed by atoms with Crippen molar-refractivity contribution in [2.24, 2.45) is 0 Å². The Hall–Kier alpha value is -11.5. The van der Waals surface area contributed by atoms with Gasteiger partial charge < -0.3 is 61.1 Å². The van der Waals surface area contributed by atoms with E-state index in [1.165, 1.54) is 43.4 Å². The number of rotatable bonds is 32. The van der Waals surface area contributed by atoms with Crippen molar-refractivity contribution in [3.8, 4) is 0 Å². The molecule has 0 heterocycles. The van der Waals surface area contributed by atoms with Gasteiger partial charge >= 0.3 is 24.0 Å². The third-order valence-electron chi connectivity index (χ3n) is 17.8. The predicted octanol–water partition coefficient (Wildman–Crippen LogP) is 15.0. The lowest BCUT2D eigenvalue weighted by atomic mass is 9.97. The quantitative estimate of drug-likeness (QED) is 0.00750. The van der Waals surface area contributed by atoms with Crippen molar-refractivity contribution in [3.05, 3.63) is 284 Å². The summed E-state index contributed by atoms with van der Waals surface area (Å²) in [5.41, 5.74) is 21.6. The number of ether oxygens (including phenoxy) is 4. The van der Waals surface area contributed by atoms with Gasteiger partial charge in [-0.2, -0.15) is 0 Å².